The monoisotopic (exact) mass is 255 g/mol. The van der Waals surface area contributed by atoms with Gasteiger partial charge in [0.2, 0.25) is 0 Å². The van der Waals surface area contributed by atoms with E-state index in [1.807, 2.05) is 39.8 Å². The van der Waals surface area contributed by atoms with E-state index in [0.29, 0.717) is 5.92 Å². The lowest BCUT2D eigenvalue weighted by atomic mass is 10.3. The molecule has 1 heterocycles. The molecule has 2 rings (SSSR count). The average Bonchev–Trinajstić information content (AvgIpc) is 2.95. The van der Waals surface area contributed by atoms with Gasteiger partial charge in [-0.2, -0.15) is 0 Å². The van der Waals surface area contributed by atoms with Gasteiger partial charge in [0.15, 0.2) is 0 Å². The van der Waals surface area contributed by atoms with Crippen LogP contribution in [0.4, 0.5) is 0 Å². The molecule has 1 aliphatic carbocycles. The zero-order valence-electron chi connectivity index (χ0n) is 10.9. The Bertz CT molecular complexity index is 379. The molecule has 1 aliphatic rings. The quantitative estimate of drug-likeness (QED) is 0.840. The molecule has 0 radical (unpaired) electrons. The molecular formula is C13H21NO2S. The van der Waals surface area contributed by atoms with Crippen LogP contribution in [0.1, 0.15) is 64.0 Å². The summed E-state index contributed by atoms with van der Waals surface area (Å²) in [6, 6.07) is 4.03. The molecule has 0 saturated heterocycles. The highest BCUT2D eigenvalue weighted by atomic mass is 32.2. The van der Waals surface area contributed by atoms with Crippen LogP contribution in [-0.2, 0) is 11.4 Å². The van der Waals surface area contributed by atoms with Crippen molar-refractivity contribution in [1.29, 1.82) is 0 Å². The lowest BCUT2D eigenvalue weighted by Crippen LogP contribution is -2.40. The van der Waals surface area contributed by atoms with E-state index in [2.05, 4.69) is 4.72 Å². The minimum Gasteiger partial charge on any atom is -0.598 e. The van der Waals surface area contributed by atoms with Gasteiger partial charge in [-0.25, -0.2) is 0 Å². The van der Waals surface area contributed by atoms with Crippen LogP contribution in [0.2, 0.25) is 0 Å². The number of rotatable bonds is 4. The third kappa shape index (κ3) is 3.27. The molecule has 0 aliphatic heterocycles. The molecule has 3 nitrogen and oxygen atoms in total. The molecule has 0 aromatic carbocycles. The molecule has 4 heteroatoms. The van der Waals surface area contributed by atoms with E-state index in [1.54, 1.807) is 0 Å². The van der Waals surface area contributed by atoms with Crippen LogP contribution in [0.15, 0.2) is 16.5 Å². The Balaban J connectivity index is 1.96. The normalized spacial score (nSPS) is 20.3. The van der Waals surface area contributed by atoms with Crippen molar-refractivity contribution in [2.75, 3.05) is 0 Å². The maximum atomic E-state index is 12.0. The second-order valence-corrected chi connectivity index (χ2v) is 7.73. The first-order valence-corrected chi connectivity index (χ1v) is 7.30. The summed E-state index contributed by atoms with van der Waals surface area (Å²) in [6.07, 6.45) is 2.48. The van der Waals surface area contributed by atoms with E-state index < -0.39 is 11.4 Å². The lowest BCUT2D eigenvalue weighted by Gasteiger charge is -2.25. The van der Waals surface area contributed by atoms with Crippen LogP contribution < -0.4 is 4.72 Å². The third-order valence-corrected chi connectivity index (χ3v) is 4.57. The highest BCUT2D eigenvalue weighted by molar-refractivity contribution is 7.90. The third-order valence-electron chi connectivity index (χ3n) is 2.89. The molecule has 1 aromatic heterocycles. The maximum Gasteiger partial charge on any atom is 0.136 e. The van der Waals surface area contributed by atoms with E-state index in [1.165, 1.54) is 12.8 Å². The maximum absolute atomic E-state index is 12.0. The molecular weight excluding hydrogens is 234 g/mol. The Morgan fingerprint density at radius 2 is 2.06 bits per heavy atom. The van der Waals surface area contributed by atoms with Crippen molar-refractivity contribution in [2.24, 2.45) is 0 Å². The molecule has 0 amide bonds. The largest absolute Gasteiger partial charge is 0.598 e. The van der Waals surface area contributed by atoms with Gasteiger partial charge in [0, 0.05) is 17.3 Å². The summed E-state index contributed by atoms with van der Waals surface area (Å²) >= 11 is -1.06. The Morgan fingerprint density at radius 3 is 2.59 bits per heavy atom. The first-order chi connectivity index (χ1) is 7.88. The highest BCUT2D eigenvalue weighted by Crippen LogP contribution is 2.41. The van der Waals surface area contributed by atoms with Gasteiger partial charge in [-0.3, -0.25) is 0 Å². The van der Waals surface area contributed by atoms with Gasteiger partial charge >= 0.3 is 0 Å². The number of nitrogens with one attached hydrogen (secondary N) is 1. The van der Waals surface area contributed by atoms with Crippen molar-refractivity contribution in [2.45, 2.75) is 57.2 Å². The van der Waals surface area contributed by atoms with Crippen LogP contribution in [0, 0.1) is 0 Å². The summed E-state index contributed by atoms with van der Waals surface area (Å²) in [5.41, 5.74) is 0. The van der Waals surface area contributed by atoms with Gasteiger partial charge in [-0.15, -0.1) is 4.72 Å². The fraction of sp³-hybridized carbons (Fsp3) is 0.692. The van der Waals surface area contributed by atoms with Crippen LogP contribution in [0.5, 0.6) is 0 Å². The van der Waals surface area contributed by atoms with E-state index in [4.69, 9.17) is 4.42 Å². The van der Waals surface area contributed by atoms with Crippen molar-refractivity contribution in [1.82, 2.24) is 4.72 Å². The predicted octanol–water partition coefficient (Wildman–Crippen LogP) is 3.27. The van der Waals surface area contributed by atoms with Gasteiger partial charge in [0.25, 0.3) is 0 Å². The predicted molar refractivity (Wildman–Crippen MR) is 70.1 cm³/mol. The fourth-order valence-electron chi connectivity index (χ4n) is 1.58. The van der Waals surface area contributed by atoms with Gasteiger partial charge in [0.05, 0.1) is 0 Å². The zero-order valence-corrected chi connectivity index (χ0v) is 11.8. The molecule has 2 atom stereocenters. The van der Waals surface area contributed by atoms with Crippen molar-refractivity contribution < 1.29 is 8.97 Å². The van der Waals surface area contributed by atoms with E-state index >= 15 is 0 Å². The molecule has 17 heavy (non-hydrogen) atoms. The molecule has 1 aromatic rings. The smallest absolute Gasteiger partial charge is 0.136 e. The molecule has 2 unspecified atom stereocenters. The first-order valence-electron chi connectivity index (χ1n) is 6.15. The van der Waals surface area contributed by atoms with Gasteiger partial charge < -0.3 is 8.97 Å². The summed E-state index contributed by atoms with van der Waals surface area (Å²) in [7, 11) is 0. The van der Waals surface area contributed by atoms with Crippen molar-refractivity contribution in [3.8, 4) is 0 Å². The highest BCUT2D eigenvalue weighted by Gasteiger charge is 2.31. The number of furan rings is 1. The van der Waals surface area contributed by atoms with E-state index in [9.17, 15) is 4.55 Å². The van der Waals surface area contributed by atoms with E-state index in [0.717, 1.165) is 11.5 Å². The molecule has 96 valence electrons. The number of hydrogen-bond acceptors (Lipinski definition) is 3. The van der Waals surface area contributed by atoms with Crippen molar-refractivity contribution >= 4 is 11.4 Å². The molecule has 0 bridgehead atoms. The molecule has 1 fully saturated rings. The topological polar surface area (TPSA) is 48.2 Å². The summed E-state index contributed by atoms with van der Waals surface area (Å²) in [4.78, 5) is 0. The van der Waals surface area contributed by atoms with Crippen LogP contribution >= 0.6 is 0 Å². The standard InChI is InChI=1S/C13H21NO2S/c1-9(14-17(15)13(2,3)4)11-7-8-12(16-11)10-5-6-10/h7-10,14H,5-6H2,1-4H3. The number of hydrogen-bond donors (Lipinski definition) is 1. The van der Waals surface area contributed by atoms with Gasteiger partial charge in [0.1, 0.15) is 22.3 Å². The Kier molecular flexibility index (Phi) is 3.57. The molecule has 1 N–H and O–H groups in total. The minimum absolute atomic E-state index is 0.0115. The lowest BCUT2D eigenvalue weighted by molar-refractivity contribution is 0.426. The van der Waals surface area contributed by atoms with Gasteiger partial charge in [-0.1, -0.05) is 0 Å². The Hall–Kier alpha value is -0.450. The minimum atomic E-state index is -1.06. The zero-order chi connectivity index (χ0) is 12.6. The van der Waals surface area contributed by atoms with Crippen LogP contribution in [0.3, 0.4) is 0 Å². The Labute approximate surface area is 106 Å². The van der Waals surface area contributed by atoms with Crippen molar-refractivity contribution in [3.63, 3.8) is 0 Å². The first kappa shape index (κ1) is 13.0. The average molecular weight is 255 g/mol. The SMILES string of the molecule is CC(N[S+]([O-])C(C)(C)C)c1ccc(C2CC2)o1. The Morgan fingerprint density at radius 1 is 1.41 bits per heavy atom. The second kappa shape index (κ2) is 4.67. The van der Waals surface area contributed by atoms with Crippen LogP contribution in [0.25, 0.3) is 0 Å². The second-order valence-electron chi connectivity index (χ2n) is 5.74. The molecule has 0 spiro atoms. The molecule has 1 saturated carbocycles. The van der Waals surface area contributed by atoms with E-state index in [-0.39, 0.29) is 10.8 Å². The summed E-state index contributed by atoms with van der Waals surface area (Å²) < 4.78 is 20.6. The summed E-state index contributed by atoms with van der Waals surface area (Å²) in [5, 5.41) is 0. The van der Waals surface area contributed by atoms with Gasteiger partial charge in [-0.05, 0) is 52.7 Å². The summed E-state index contributed by atoms with van der Waals surface area (Å²) in [5.74, 6) is 2.59. The van der Waals surface area contributed by atoms with Crippen molar-refractivity contribution in [3.05, 3.63) is 23.7 Å². The summed E-state index contributed by atoms with van der Waals surface area (Å²) in [6.45, 7) is 7.86. The van der Waals surface area contributed by atoms with Crippen LogP contribution in [-0.4, -0.2) is 9.30 Å². The fourth-order valence-corrected chi connectivity index (χ4v) is 2.37.